The van der Waals surface area contributed by atoms with E-state index in [-0.39, 0.29) is 21.8 Å². The Morgan fingerprint density at radius 2 is 1.62 bits per heavy atom. The molecule has 0 aliphatic rings. The predicted octanol–water partition coefficient (Wildman–Crippen LogP) is 4.00. The monoisotopic (exact) mass is 465 g/mol. The van der Waals surface area contributed by atoms with Crippen molar-refractivity contribution in [1.29, 1.82) is 0 Å². The Morgan fingerprint density at radius 1 is 0.938 bits per heavy atom. The van der Waals surface area contributed by atoms with Crippen LogP contribution < -0.4 is 10.0 Å². The van der Waals surface area contributed by atoms with Gasteiger partial charge in [0.1, 0.15) is 0 Å². The van der Waals surface area contributed by atoms with Gasteiger partial charge < -0.3 is 0 Å². The van der Waals surface area contributed by atoms with Crippen molar-refractivity contribution in [2.24, 2.45) is 0 Å². The number of aromatic nitrogens is 1. The number of hydrogen-bond acceptors (Lipinski definition) is 6. The summed E-state index contributed by atoms with van der Waals surface area (Å²) in [7, 11) is -2.25. The van der Waals surface area contributed by atoms with E-state index in [4.69, 9.17) is 0 Å². The SMILES string of the molecule is CNS(=O)(=O)c1ccc2nc(NC(=O)c3ccccc3C(=O)c3ccc(C)cc3)sc2c1. The van der Waals surface area contributed by atoms with Crippen LogP contribution in [0.1, 0.15) is 31.8 Å². The molecule has 7 nitrogen and oxygen atoms in total. The molecule has 1 amide bonds. The van der Waals surface area contributed by atoms with E-state index in [9.17, 15) is 18.0 Å². The summed E-state index contributed by atoms with van der Waals surface area (Å²) in [5.41, 5.74) is 2.61. The normalized spacial score (nSPS) is 11.4. The molecule has 1 heterocycles. The minimum absolute atomic E-state index is 0.114. The number of benzene rings is 3. The summed E-state index contributed by atoms with van der Waals surface area (Å²) in [5.74, 6) is -0.717. The second-order valence-electron chi connectivity index (χ2n) is 7.05. The van der Waals surface area contributed by atoms with Gasteiger partial charge in [0.05, 0.1) is 20.7 Å². The van der Waals surface area contributed by atoms with E-state index in [0.29, 0.717) is 20.9 Å². The van der Waals surface area contributed by atoms with Crippen LogP contribution in [0.2, 0.25) is 0 Å². The van der Waals surface area contributed by atoms with Gasteiger partial charge in [-0.05, 0) is 38.2 Å². The summed E-state index contributed by atoms with van der Waals surface area (Å²) in [6, 6.07) is 18.3. The number of anilines is 1. The number of amides is 1. The smallest absolute Gasteiger partial charge is 0.258 e. The van der Waals surface area contributed by atoms with Gasteiger partial charge in [-0.1, -0.05) is 59.4 Å². The van der Waals surface area contributed by atoms with Crippen LogP contribution in [-0.2, 0) is 10.0 Å². The third kappa shape index (κ3) is 4.31. The first-order valence-corrected chi connectivity index (χ1v) is 11.9. The van der Waals surface area contributed by atoms with Crippen LogP contribution in [0.5, 0.6) is 0 Å². The minimum atomic E-state index is -3.59. The maximum Gasteiger partial charge on any atom is 0.258 e. The molecule has 162 valence electrons. The summed E-state index contributed by atoms with van der Waals surface area (Å²) in [6.45, 7) is 1.94. The average Bonchev–Trinajstić information content (AvgIpc) is 3.20. The number of sulfonamides is 1. The van der Waals surface area contributed by atoms with Gasteiger partial charge in [-0.2, -0.15) is 0 Å². The van der Waals surface area contributed by atoms with Gasteiger partial charge in [-0.3, -0.25) is 14.9 Å². The van der Waals surface area contributed by atoms with Crippen LogP contribution >= 0.6 is 11.3 Å². The van der Waals surface area contributed by atoms with E-state index >= 15 is 0 Å². The van der Waals surface area contributed by atoms with E-state index in [1.54, 1.807) is 42.5 Å². The standard InChI is InChI=1S/C23H19N3O4S2/c1-14-7-9-15(10-8-14)21(27)17-5-3-4-6-18(17)22(28)26-23-25-19-12-11-16(13-20(19)31-23)32(29,30)24-2/h3-13,24H,1-2H3,(H,25,26,28). The first-order chi connectivity index (χ1) is 15.3. The molecule has 0 aliphatic carbocycles. The molecule has 0 spiro atoms. The molecule has 0 fully saturated rings. The highest BCUT2D eigenvalue weighted by molar-refractivity contribution is 7.89. The van der Waals surface area contributed by atoms with Crippen LogP contribution in [0, 0.1) is 6.92 Å². The van der Waals surface area contributed by atoms with Crippen molar-refractivity contribution < 1.29 is 18.0 Å². The lowest BCUT2D eigenvalue weighted by Crippen LogP contribution is -2.18. The quantitative estimate of drug-likeness (QED) is 0.419. The Hall–Kier alpha value is -3.40. The number of carbonyl (C=O) groups is 2. The largest absolute Gasteiger partial charge is 0.298 e. The van der Waals surface area contributed by atoms with Crippen LogP contribution in [0.4, 0.5) is 5.13 Å². The zero-order valence-corrected chi connectivity index (χ0v) is 18.9. The van der Waals surface area contributed by atoms with E-state index in [0.717, 1.165) is 16.9 Å². The van der Waals surface area contributed by atoms with E-state index in [2.05, 4.69) is 15.0 Å². The van der Waals surface area contributed by atoms with Crippen LogP contribution in [-0.4, -0.2) is 32.1 Å². The number of nitrogens with one attached hydrogen (secondary N) is 2. The van der Waals surface area contributed by atoms with Crippen LogP contribution in [0.3, 0.4) is 0 Å². The Kier molecular flexibility index (Phi) is 5.88. The van der Waals surface area contributed by atoms with Gasteiger partial charge in [0.2, 0.25) is 10.0 Å². The fourth-order valence-corrected chi connectivity index (χ4v) is 4.88. The molecule has 0 aliphatic heterocycles. The van der Waals surface area contributed by atoms with Crippen molar-refractivity contribution in [3.8, 4) is 0 Å². The van der Waals surface area contributed by atoms with Crippen molar-refractivity contribution in [2.75, 3.05) is 12.4 Å². The van der Waals surface area contributed by atoms with Crippen molar-refractivity contribution in [3.63, 3.8) is 0 Å². The van der Waals surface area contributed by atoms with Gasteiger partial charge in [-0.25, -0.2) is 18.1 Å². The summed E-state index contributed by atoms with van der Waals surface area (Å²) >= 11 is 1.15. The topological polar surface area (TPSA) is 105 Å². The first-order valence-electron chi connectivity index (χ1n) is 9.64. The maximum absolute atomic E-state index is 13.0. The zero-order chi connectivity index (χ0) is 22.9. The summed E-state index contributed by atoms with van der Waals surface area (Å²) in [6.07, 6.45) is 0. The van der Waals surface area contributed by atoms with E-state index < -0.39 is 15.9 Å². The molecular formula is C23H19N3O4S2. The predicted molar refractivity (Wildman–Crippen MR) is 125 cm³/mol. The number of rotatable bonds is 6. The molecule has 0 unspecified atom stereocenters. The summed E-state index contributed by atoms with van der Waals surface area (Å²) in [4.78, 5) is 30.4. The highest BCUT2D eigenvalue weighted by Crippen LogP contribution is 2.29. The Balaban J connectivity index is 1.63. The number of thiazole rings is 1. The number of carbonyl (C=O) groups excluding carboxylic acids is 2. The number of fused-ring (bicyclic) bond motifs is 1. The zero-order valence-electron chi connectivity index (χ0n) is 17.2. The minimum Gasteiger partial charge on any atom is -0.298 e. The van der Waals surface area contributed by atoms with Gasteiger partial charge in [-0.15, -0.1) is 0 Å². The lowest BCUT2D eigenvalue weighted by atomic mass is 9.97. The third-order valence-corrected chi connectivity index (χ3v) is 7.24. The Bertz CT molecular complexity index is 1440. The van der Waals surface area contributed by atoms with Crippen molar-refractivity contribution >= 4 is 48.4 Å². The fraction of sp³-hybridized carbons (Fsp3) is 0.0870. The summed E-state index contributed by atoms with van der Waals surface area (Å²) < 4.78 is 26.9. The molecule has 0 bridgehead atoms. The number of ketones is 1. The molecular weight excluding hydrogens is 446 g/mol. The molecule has 32 heavy (non-hydrogen) atoms. The first kappa shape index (κ1) is 21.8. The van der Waals surface area contributed by atoms with Crippen LogP contribution in [0.15, 0.2) is 71.6 Å². The summed E-state index contributed by atoms with van der Waals surface area (Å²) in [5, 5.41) is 3.03. The highest BCUT2D eigenvalue weighted by Gasteiger charge is 2.20. The molecule has 0 radical (unpaired) electrons. The molecule has 3 aromatic carbocycles. The number of aryl methyl sites for hydroxylation is 1. The third-order valence-electron chi connectivity index (χ3n) is 4.89. The Labute approximate surface area is 189 Å². The molecule has 0 saturated carbocycles. The van der Waals surface area contributed by atoms with Crippen molar-refractivity contribution in [3.05, 3.63) is 89.0 Å². The van der Waals surface area contributed by atoms with Crippen LogP contribution in [0.25, 0.3) is 10.2 Å². The lowest BCUT2D eigenvalue weighted by Gasteiger charge is -2.08. The van der Waals surface area contributed by atoms with Gasteiger partial charge in [0.25, 0.3) is 5.91 Å². The van der Waals surface area contributed by atoms with E-state index in [1.807, 2.05) is 19.1 Å². The van der Waals surface area contributed by atoms with Gasteiger partial charge in [0, 0.05) is 11.1 Å². The average molecular weight is 466 g/mol. The Morgan fingerprint density at radius 3 is 2.31 bits per heavy atom. The lowest BCUT2D eigenvalue weighted by molar-refractivity contribution is 0.0996. The highest BCUT2D eigenvalue weighted by atomic mass is 32.2. The molecule has 1 aromatic heterocycles. The molecule has 4 rings (SSSR count). The molecule has 2 N–H and O–H groups in total. The van der Waals surface area contributed by atoms with Gasteiger partial charge >= 0.3 is 0 Å². The second-order valence-corrected chi connectivity index (χ2v) is 9.97. The molecule has 0 atom stereocenters. The fourth-order valence-electron chi connectivity index (χ4n) is 3.15. The van der Waals surface area contributed by atoms with Crippen molar-refractivity contribution in [2.45, 2.75) is 11.8 Å². The maximum atomic E-state index is 13.0. The van der Waals surface area contributed by atoms with Crippen molar-refractivity contribution in [1.82, 2.24) is 9.71 Å². The molecule has 9 heteroatoms. The second kappa shape index (κ2) is 8.62. The molecule has 4 aromatic rings. The van der Waals surface area contributed by atoms with Gasteiger partial charge in [0.15, 0.2) is 10.9 Å². The number of nitrogens with zero attached hydrogens (tertiary/aromatic N) is 1. The number of hydrogen-bond donors (Lipinski definition) is 2. The van der Waals surface area contributed by atoms with E-state index in [1.165, 1.54) is 19.2 Å². The molecule has 0 saturated heterocycles.